The van der Waals surface area contributed by atoms with Gasteiger partial charge in [0.1, 0.15) is 0 Å². The molecule has 2 spiro atoms. The number of guanidine groups is 1. The number of carbonyl (C=O) groups excluding carboxylic acids is 1. The van der Waals surface area contributed by atoms with Gasteiger partial charge in [0.25, 0.3) is 5.91 Å². The molecule has 1 aliphatic heterocycles. The molecule has 1 aromatic carbocycles. The van der Waals surface area contributed by atoms with Crippen molar-refractivity contribution in [2.24, 2.45) is 16.1 Å². The van der Waals surface area contributed by atoms with Gasteiger partial charge in [0.05, 0.1) is 6.10 Å². The molecule has 158 valence electrons. The van der Waals surface area contributed by atoms with Crippen LogP contribution in [0.15, 0.2) is 23.2 Å². The third-order valence-electron chi connectivity index (χ3n) is 6.91. The minimum atomic E-state index is -4.80. The van der Waals surface area contributed by atoms with Crippen LogP contribution in [0, 0.1) is 5.41 Å². The van der Waals surface area contributed by atoms with E-state index in [1.165, 1.54) is 24.1 Å². The van der Waals surface area contributed by atoms with Gasteiger partial charge in [-0.05, 0) is 54.9 Å². The van der Waals surface area contributed by atoms with Crippen LogP contribution in [0.1, 0.15) is 48.5 Å². The number of amides is 1. The minimum absolute atomic E-state index is 0.0536. The zero-order valence-corrected chi connectivity index (χ0v) is 16.3. The molecule has 29 heavy (non-hydrogen) atoms. The van der Waals surface area contributed by atoms with E-state index in [0.29, 0.717) is 24.8 Å². The Labute approximate surface area is 166 Å². The maximum absolute atomic E-state index is 13.4. The second kappa shape index (κ2) is 6.43. The molecule has 1 aromatic rings. The van der Waals surface area contributed by atoms with Gasteiger partial charge in [0.2, 0.25) is 0 Å². The van der Waals surface area contributed by atoms with Crippen LogP contribution in [0.5, 0.6) is 0 Å². The first-order valence-electron chi connectivity index (χ1n) is 9.60. The minimum Gasteiger partial charge on any atom is -0.381 e. The van der Waals surface area contributed by atoms with E-state index in [0.717, 1.165) is 18.4 Å². The number of carbonyl (C=O) groups is 1. The number of alkyl halides is 3. The predicted molar refractivity (Wildman–Crippen MR) is 98.9 cm³/mol. The van der Waals surface area contributed by atoms with Crippen molar-refractivity contribution in [2.45, 2.75) is 56.0 Å². The Hall–Kier alpha value is -2.13. The Kier molecular flexibility index (Phi) is 4.47. The normalized spacial score (nSPS) is 32.8. The van der Waals surface area contributed by atoms with Crippen LogP contribution in [0.25, 0.3) is 0 Å². The van der Waals surface area contributed by atoms with Crippen molar-refractivity contribution < 1.29 is 27.8 Å². The fourth-order valence-corrected chi connectivity index (χ4v) is 5.30. The number of aliphatic hydroxyl groups is 1. The monoisotopic (exact) mass is 411 g/mol. The van der Waals surface area contributed by atoms with E-state index in [9.17, 15) is 23.1 Å². The van der Waals surface area contributed by atoms with Crippen molar-refractivity contribution in [3.63, 3.8) is 0 Å². The number of fused-ring (bicyclic) bond motifs is 3. The van der Waals surface area contributed by atoms with Gasteiger partial charge in [-0.2, -0.15) is 13.2 Å². The first-order valence-corrected chi connectivity index (χ1v) is 9.60. The SMILES string of the molecule is COC1CCC2(CC1)Cc1ccc(C(O)C(F)(F)F)cc1C21N=C(N)N(C)C1=O. The number of aliphatic hydroxyl groups excluding tert-OH is 1. The van der Waals surface area contributed by atoms with Gasteiger partial charge in [-0.15, -0.1) is 0 Å². The number of hydrogen-bond donors (Lipinski definition) is 2. The zero-order valence-electron chi connectivity index (χ0n) is 16.3. The molecule has 2 atom stereocenters. The van der Waals surface area contributed by atoms with E-state index in [1.54, 1.807) is 13.2 Å². The summed E-state index contributed by atoms with van der Waals surface area (Å²) in [5, 5.41) is 9.76. The standard InChI is InChI=1S/C20H24F3N3O3/c1-26-16(28)19(25-17(26)24)14-9-11(15(27)20(21,22)23)3-4-12(14)10-18(19)7-5-13(29-2)6-8-18/h3-4,9,13,15,27H,5-8,10H2,1-2H3,(H2,24,25). The summed E-state index contributed by atoms with van der Waals surface area (Å²) in [7, 11) is 3.17. The van der Waals surface area contributed by atoms with E-state index in [2.05, 4.69) is 4.99 Å². The lowest BCUT2D eigenvalue weighted by molar-refractivity contribution is -0.206. The van der Waals surface area contributed by atoms with Crippen molar-refractivity contribution in [2.75, 3.05) is 14.2 Å². The molecule has 0 saturated heterocycles. The van der Waals surface area contributed by atoms with Gasteiger partial charge < -0.3 is 15.6 Å². The topological polar surface area (TPSA) is 88.2 Å². The van der Waals surface area contributed by atoms with Crippen LogP contribution in [0.3, 0.4) is 0 Å². The summed E-state index contributed by atoms with van der Waals surface area (Å²) >= 11 is 0. The van der Waals surface area contributed by atoms with E-state index in [1.807, 2.05) is 0 Å². The number of likely N-dealkylation sites (N-methyl/N-ethyl adjacent to an activating group) is 1. The third kappa shape index (κ3) is 2.70. The van der Waals surface area contributed by atoms with Crippen molar-refractivity contribution in [1.82, 2.24) is 4.90 Å². The van der Waals surface area contributed by atoms with Gasteiger partial charge in [0, 0.05) is 19.6 Å². The summed E-state index contributed by atoms with van der Waals surface area (Å²) < 4.78 is 44.8. The molecule has 4 rings (SSSR count). The maximum atomic E-state index is 13.4. The molecule has 0 aromatic heterocycles. The third-order valence-corrected chi connectivity index (χ3v) is 6.91. The van der Waals surface area contributed by atoms with Crippen LogP contribution >= 0.6 is 0 Å². The summed E-state index contributed by atoms with van der Waals surface area (Å²) in [6.45, 7) is 0. The fraction of sp³-hybridized carbons (Fsp3) is 0.600. The van der Waals surface area contributed by atoms with E-state index in [4.69, 9.17) is 10.5 Å². The number of hydrogen-bond acceptors (Lipinski definition) is 5. The van der Waals surface area contributed by atoms with Crippen molar-refractivity contribution in [1.29, 1.82) is 0 Å². The fourth-order valence-electron chi connectivity index (χ4n) is 5.30. The highest BCUT2D eigenvalue weighted by atomic mass is 19.4. The summed E-state index contributed by atoms with van der Waals surface area (Å²) in [6, 6.07) is 4.15. The molecule has 1 amide bonds. The van der Waals surface area contributed by atoms with Crippen LogP contribution < -0.4 is 5.73 Å². The number of nitrogens with zero attached hydrogens (tertiary/aromatic N) is 2. The Morgan fingerprint density at radius 2 is 2.00 bits per heavy atom. The molecular weight excluding hydrogens is 387 g/mol. The van der Waals surface area contributed by atoms with Crippen molar-refractivity contribution >= 4 is 11.9 Å². The molecule has 3 N–H and O–H groups in total. The van der Waals surface area contributed by atoms with E-state index in [-0.39, 0.29) is 23.5 Å². The highest BCUT2D eigenvalue weighted by Gasteiger charge is 2.66. The molecular formula is C20H24F3N3O3. The number of aliphatic imine (C=N–C) groups is 1. The van der Waals surface area contributed by atoms with E-state index < -0.39 is 23.2 Å². The van der Waals surface area contributed by atoms with Crippen LogP contribution in [0.4, 0.5) is 13.2 Å². The maximum Gasteiger partial charge on any atom is 0.418 e. The molecule has 0 radical (unpaired) electrons. The average molecular weight is 411 g/mol. The van der Waals surface area contributed by atoms with Crippen molar-refractivity contribution in [3.8, 4) is 0 Å². The second-order valence-corrected chi connectivity index (χ2v) is 8.30. The first-order chi connectivity index (χ1) is 13.6. The van der Waals surface area contributed by atoms with Crippen LogP contribution in [-0.2, 0) is 21.5 Å². The highest BCUT2D eigenvalue weighted by molar-refractivity contribution is 6.08. The largest absolute Gasteiger partial charge is 0.418 e. The predicted octanol–water partition coefficient (Wildman–Crippen LogP) is 2.40. The number of halogens is 3. The first kappa shape index (κ1) is 20.2. The molecule has 2 aliphatic carbocycles. The molecule has 2 unspecified atom stereocenters. The molecule has 1 saturated carbocycles. The number of rotatable bonds is 2. The number of nitrogens with two attached hydrogens (primary N) is 1. The Morgan fingerprint density at radius 3 is 2.52 bits per heavy atom. The molecule has 6 nitrogen and oxygen atoms in total. The van der Waals surface area contributed by atoms with Crippen molar-refractivity contribution in [3.05, 3.63) is 34.9 Å². The summed E-state index contributed by atoms with van der Waals surface area (Å²) in [4.78, 5) is 19.3. The van der Waals surface area contributed by atoms with Crippen LogP contribution in [0.2, 0.25) is 0 Å². The molecule has 1 heterocycles. The van der Waals surface area contributed by atoms with E-state index >= 15 is 0 Å². The average Bonchev–Trinajstić information content (AvgIpc) is 3.08. The molecule has 3 aliphatic rings. The van der Waals surface area contributed by atoms with Crippen LogP contribution in [-0.4, -0.2) is 48.3 Å². The lowest BCUT2D eigenvalue weighted by Gasteiger charge is -2.45. The second-order valence-electron chi connectivity index (χ2n) is 8.30. The molecule has 9 heteroatoms. The highest BCUT2D eigenvalue weighted by Crippen LogP contribution is 2.62. The smallest absolute Gasteiger partial charge is 0.381 e. The number of ether oxygens (including phenoxy) is 1. The van der Waals surface area contributed by atoms with Gasteiger partial charge >= 0.3 is 6.18 Å². The Bertz CT molecular complexity index is 877. The lowest BCUT2D eigenvalue weighted by atomic mass is 9.61. The van der Waals surface area contributed by atoms with Gasteiger partial charge in [-0.25, -0.2) is 4.99 Å². The quantitative estimate of drug-likeness (QED) is 0.782. The Morgan fingerprint density at radius 1 is 1.34 bits per heavy atom. The molecule has 0 bridgehead atoms. The zero-order chi connectivity index (χ0) is 21.2. The number of benzene rings is 1. The van der Waals surface area contributed by atoms with Gasteiger partial charge in [-0.1, -0.05) is 12.1 Å². The summed E-state index contributed by atoms with van der Waals surface area (Å²) in [6.07, 6.45) is -4.06. The Balaban J connectivity index is 1.86. The van der Waals surface area contributed by atoms with Gasteiger partial charge in [-0.3, -0.25) is 9.69 Å². The summed E-state index contributed by atoms with van der Waals surface area (Å²) in [5.74, 6) is -0.277. The van der Waals surface area contributed by atoms with Gasteiger partial charge in [0.15, 0.2) is 17.6 Å². The summed E-state index contributed by atoms with van der Waals surface area (Å²) in [5.41, 5.74) is 4.96. The molecule has 1 fully saturated rings. The lowest BCUT2D eigenvalue weighted by Crippen LogP contribution is -2.51. The number of methoxy groups -OCH3 is 1.